The van der Waals surface area contributed by atoms with Gasteiger partial charge in [-0.3, -0.25) is 9.69 Å². The van der Waals surface area contributed by atoms with Gasteiger partial charge in [-0.25, -0.2) is 0 Å². The van der Waals surface area contributed by atoms with Gasteiger partial charge in [0.25, 0.3) is 5.91 Å². The summed E-state index contributed by atoms with van der Waals surface area (Å²) in [6.45, 7) is 2.70. The zero-order valence-corrected chi connectivity index (χ0v) is 17.5. The maximum absolute atomic E-state index is 13.0. The summed E-state index contributed by atoms with van der Waals surface area (Å²) in [5.74, 6) is 0.841. The Kier molecular flexibility index (Phi) is 6.27. The van der Waals surface area contributed by atoms with Crippen molar-refractivity contribution >= 4 is 17.2 Å². The number of benzene rings is 2. The zero-order chi connectivity index (χ0) is 20.1. The summed E-state index contributed by atoms with van der Waals surface area (Å²) >= 11 is 1.49. The van der Waals surface area contributed by atoms with Crippen LogP contribution in [0.1, 0.15) is 34.1 Å². The van der Waals surface area contributed by atoms with Crippen LogP contribution >= 0.6 is 11.3 Å². The van der Waals surface area contributed by atoms with Gasteiger partial charge in [0.2, 0.25) is 0 Å². The van der Waals surface area contributed by atoms with E-state index in [1.165, 1.54) is 29.7 Å². The number of methoxy groups -OCH3 is 1. The van der Waals surface area contributed by atoms with Gasteiger partial charge in [0, 0.05) is 12.1 Å². The first-order chi connectivity index (χ1) is 14.3. The smallest absolute Gasteiger partial charge is 0.262 e. The highest BCUT2D eigenvalue weighted by atomic mass is 32.1. The fourth-order valence-electron chi connectivity index (χ4n) is 3.96. The molecule has 1 unspecified atom stereocenters. The third kappa shape index (κ3) is 4.52. The van der Waals surface area contributed by atoms with Gasteiger partial charge in [-0.05, 0) is 60.6 Å². The van der Waals surface area contributed by atoms with Crippen molar-refractivity contribution < 1.29 is 9.53 Å². The van der Waals surface area contributed by atoms with Crippen molar-refractivity contribution in [3.8, 4) is 16.9 Å². The highest BCUT2D eigenvalue weighted by Gasteiger charge is 2.25. The Bertz CT molecular complexity index is 948. The lowest BCUT2D eigenvalue weighted by Crippen LogP contribution is -2.36. The molecular formula is C24H26N2O2S. The van der Waals surface area contributed by atoms with Gasteiger partial charge in [-0.15, -0.1) is 11.3 Å². The van der Waals surface area contributed by atoms with Gasteiger partial charge in [0.1, 0.15) is 5.75 Å². The largest absolute Gasteiger partial charge is 0.497 e. The number of thiophene rings is 1. The van der Waals surface area contributed by atoms with Crippen LogP contribution < -0.4 is 10.1 Å². The molecule has 1 aliphatic heterocycles. The van der Waals surface area contributed by atoms with Crippen LogP contribution in [-0.4, -0.2) is 37.6 Å². The average molecular weight is 407 g/mol. The topological polar surface area (TPSA) is 41.6 Å². The number of hydrogen-bond acceptors (Lipinski definition) is 4. The van der Waals surface area contributed by atoms with E-state index in [1.807, 2.05) is 53.9 Å². The Morgan fingerprint density at radius 1 is 1.10 bits per heavy atom. The Hall–Kier alpha value is -2.63. The average Bonchev–Trinajstić information content (AvgIpc) is 3.47. The monoisotopic (exact) mass is 406 g/mol. The van der Waals surface area contributed by atoms with Crippen LogP contribution in [0.15, 0.2) is 66.0 Å². The molecular weight excluding hydrogens is 380 g/mol. The van der Waals surface area contributed by atoms with Crippen molar-refractivity contribution in [2.75, 3.05) is 26.7 Å². The lowest BCUT2D eigenvalue weighted by molar-refractivity contribution is 0.0942. The fraction of sp³-hybridized carbons (Fsp3) is 0.292. The van der Waals surface area contributed by atoms with E-state index in [2.05, 4.69) is 22.3 Å². The highest BCUT2D eigenvalue weighted by molar-refractivity contribution is 7.12. The van der Waals surface area contributed by atoms with E-state index in [0.717, 1.165) is 34.8 Å². The number of rotatable bonds is 7. The molecule has 2 aromatic carbocycles. The molecule has 4 nitrogen and oxygen atoms in total. The second-order valence-corrected chi connectivity index (χ2v) is 8.19. The molecule has 1 amide bonds. The molecule has 3 aromatic rings. The third-order valence-electron chi connectivity index (χ3n) is 5.47. The minimum atomic E-state index is -0.00838. The van der Waals surface area contributed by atoms with Crippen molar-refractivity contribution in [3.63, 3.8) is 0 Å². The predicted octanol–water partition coefficient (Wildman–Crippen LogP) is 4.99. The van der Waals surface area contributed by atoms with Crippen LogP contribution in [0.25, 0.3) is 11.1 Å². The lowest BCUT2D eigenvalue weighted by Gasteiger charge is -2.28. The molecule has 150 valence electrons. The molecule has 0 spiro atoms. The number of likely N-dealkylation sites (tertiary alicyclic amines) is 1. The van der Waals surface area contributed by atoms with Crippen molar-refractivity contribution in [2.24, 2.45) is 0 Å². The second-order valence-electron chi connectivity index (χ2n) is 7.27. The molecule has 1 saturated heterocycles. The van der Waals surface area contributed by atoms with Crippen molar-refractivity contribution in [3.05, 3.63) is 76.5 Å². The number of carbonyl (C=O) groups is 1. The molecule has 0 radical (unpaired) electrons. The second kappa shape index (κ2) is 9.25. The quantitative estimate of drug-likeness (QED) is 0.601. The van der Waals surface area contributed by atoms with E-state index >= 15 is 0 Å². The molecule has 1 aliphatic rings. The Morgan fingerprint density at radius 2 is 1.90 bits per heavy atom. The summed E-state index contributed by atoms with van der Waals surface area (Å²) in [6, 6.07) is 20.4. The van der Waals surface area contributed by atoms with Gasteiger partial charge in [-0.2, -0.15) is 0 Å². The lowest BCUT2D eigenvalue weighted by atomic mass is 10.0. The molecule has 29 heavy (non-hydrogen) atoms. The zero-order valence-electron chi connectivity index (χ0n) is 16.6. The molecule has 0 aliphatic carbocycles. The summed E-state index contributed by atoms with van der Waals surface area (Å²) in [5, 5.41) is 5.18. The summed E-state index contributed by atoms with van der Waals surface area (Å²) in [6.07, 6.45) is 2.41. The molecule has 1 atom stereocenters. The van der Waals surface area contributed by atoms with E-state index < -0.39 is 0 Å². The van der Waals surface area contributed by atoms with Crippen LogP contribution in [0.3, 0.4) is 0 Å². The van der Waals surface area contributed by atoms with Crippen molar-refractivity contribution in [2.45, 2.75) is 18.9 Å². The molecule has 2 heterocycles. The highest BCUT2D eigenvalue weighted by Crippen LogP contribution is 2.30. The van der Waals surface area contributed by atoms with Gasteiger partial charge >= 0.3 is 0 Å². The van der Waals surface area contributed by atoms with Crippen LogP contribution in [0.4, 0.5) is 0 Å². The predicted molar refractivity (Wildman–Crippen MR) is 119 cm³/mol. The summed E-state index contributed by atoms with van der Waals surface area (Å²) in [4.78, 5) is 16.3. The van der Waals surface area contributed by atoms with Gasteiger partial charge in [0.05, 0.1) is 18.0 Å². The first-order valence-corrected chi connectivity index (χ1v) is 10.9. The SMILES string of the molecule is COc1cccc(C(CNC(=O)c2sccc2-c2ccccc2)N2CCCC2)c1. The van der Waals surface area contributed by atoms with E-state index in [9.17, 15) is 4.79 Å². The first kappa shape index (κ1) is 19.7. The Labute approximate surface area is 176 Å². The maximum Gasteiger partial charge on any atom is 0.262 e. The number of nitrogens with zero attached hydrogens (tertiary/aromatic N) is 1. The standard InChI is InChI=1S/C24H26N2O2S/c1-28-20-11-7-10-19(16-20)22(26-13-5-6-14-26)17-25-24(27)23-21(12-15-29-23)18-8-3-2-4-9-18/h2-4,7-12,15-16,22H,5-6,13-14,17H2,1H3,(H,25,27). The van der Waals surface area contributed by atoms with Crippen molar-refractivity contribution in [1.29, 1.82) is 0 Å². The first-order valence-electron chi connectivity index (χ1n) is 10.1. The van der Waals surface area contributed by atoms with E-state index in [0.29, 0.717) is 6.54 Å². The molecule has 1 fully saturated rings. The summed E-state index contributed by atoms with van der Waals surface area (Å²) in [7, 11) is 1.69. The number of ether oxygens (including phenoxy) is 1. The van der Waals surface area contributed by atoms with Crippen LogP contribution in [0.5, 0.6) is 5.75 Å². The van der Waals surface area contributed by atoms with E-state index in [-0.39, 0.29) is 11.9 Å². The van der Waals surface area contributed by atoms with Gasteiger partial charge in [-0.1, -0.05) is 42.5 Å². The summed E-state index contributed by atoms with van der Waals surface area (Å²) in [5.41, 5.74) is 3.25. The number of carbonyl (C=O) groups excluding carboxylic acids is 1. The Balaban J connectivity index is 1.52. The fourth-order valence-corrected chi connectivity index (χ4v) is 4.79. The maximum atomic E-state index is 13.0. The van der Waals surface area contributed by atoms with Crippen LogP contribution in [0, 0.1) is 0 Å². The normalized spacial score (nSPS) is 15.2. The molecule has 5 heteroatoms. The van der Waals surface area contributed by atoms with Crippen LogP contribution in [-0.2, 0) is 0 Å². The number of nitrogens with one attached hydrogen (secondary N) is 1. The van der Waals surface area contributed by atoms with Gasteiger partial charge in [0.15, 0.2) is 0 Å². The molecule has 0 bridgehead atoms. The minimum Gasteiger partial charge on any atom is -0.497 e. The van der Waals surface area contributed by atoms with E-state index in [1.54, 1.807) is 7.11 Å². The molecule has 4 rings (SSSR count). The molecule has 1 aromatic heterocycles. The van der Waals surface area contributed by atoms with Crippen LogP contribution in [0.2, 0.25) is 0 Å². The van der Waals surface area contributed by atoms with Gasteiger partial charge < -0.3 is 10.1 Å². The molecule has 0 saturated carbocycles. The third-order valence-corrected chi connectivity index (χ3v) is 6.39. The van der Waals surface area contributed by atoms with Crippen molar-refractivity contribution in [1.82, 2.24) is 10.2 Å². The molecule has 1 N–H and O–H groups in total. The summed E-state index contributed by atoms with van der Waals surface area (Å²) < 4.78 is 5.41. The minimum absolute atomic E-state index is 0.00838. The number of hydrogen-bond donors (Lipinski definition) is 1. The van der Waals surface area contributed by atoms with E-state index in [4.69, 9.17) is 4.74 Å². The Morgan fingerprint density at radius 3 is 2.66 bits per heavy atom. The number of amides is 1.